The Morgan fingerprint density at radius 1 is 1.32 bits per heavy atom. The van der Waals surface area contributed by atoms with Crippen molar-refractivity contribution in [2.24, 2.45) is 0 Å². The molecule has 19 heavy (non-hydrogen) atoms. The first-order valence-corrected chi connectivity index (χ1v) is 7.04. The minimum absolute atomic E-state index is 0.0791. The van der Waals surface area contributed by atoms with Crippen LogP contribution in [-0.4, -0.2) is 47.2 Å². The molecule has 1 aromatic heterocycles. The number of nitrogens with one attached hydrogen (secondary N) is 1. The summed E-state index contributed by atoms with van der Waals surface area (Å²) in [7, 11) is 2.11. The SMILES string of the molecule is CN1CCC(NC(=O)c2cc(C3CC3)cnn2)CC1. The van der Waals surface area contributed by atoms with Crippen LogP contribution in [0.1, 0.15) is 47.7 Å². The Balaban J connectivity index is 1.61. The van der Waals surface area contributed by atoms with E-state index in [2.05, 4.69) is 27.5 Å². The molecule has 1 amide bonds. The van der Waals surface area contributed by atoms with E-state index in [0.29, 0.717) is 11.6 Å². The number of hydrogen-bond acceptors (Lipinski definition) is 4. The van der Waals surface area contributed by atoms with Gasteiger partial charge in [0, 0.05) is 6.04 Å². The predicted molar refractivity (Wildman–Crippen MR) is 72.0 cm³/mol. The second-order valence-corrected chi connectivity index (χ2v) is 5.70. The quantitative estimate of drug-likeness (QED) is 0.886. The molecule has 1 aromatic rings. The number of likely N-dealkylation sites (tertiary alicyclic amines) is 1. The number of nitrogens with zero attached hydrogens (tertiary/aromatic N) is 3. The average Bonchev–Trinajstić information content (AvgIpc) is 3.26. The Labute approximate surface area is 113 Å². The Hall–Kier alpha value is -1.49. The van der Waals surface area contributed by atoms with Crippen molar-refractivity contribution in [2.45, 2.75) is 37.6 Å². The Morgan fingerprint density at radius 2 is 2.05 bits per heavy atom. The van der Waals surface area contributed by atoms with Crippen molar-refractivity contribution in [2.75, 3.05) is 20.1 Å². The Bertz CT molecular complexity index is 464. The Kier molecular flexibility index (Phi) is 3.46. The molecule has 0 spiro atoms. The van der Waals surface area contributed by atoms with Gasteiger partial charge in [0.15, 0.2) is 5.69 Å². The average molecular weight is 260 g/mol. The lowest BCUT2D eigenvalue weighted by molar-refractivity contribution is 0.0910. The van der Waals surface area contributed by atoms with E-state index in [1.54, 1.807) is 6.20 Å². The third kappa shape index (κ3) is 3.10. The van der Waals surface area contributed by atoms with Gasteiger partial charge in [-0.25, -0.2) is 0 Å². The fourth-order valence-electron chi connectivity index (χ4n) is 2.54. The number of carbonyl (C=O) groups excluding carboxylic acids is 1. The summed E-state index contributed by atoms with van der Waals surface area (Å²) in [6, 6.07) is 2.17. The molecular weight excluding hydrogens is 240 g/mol. The molecule has 0 aromatic carbocycles. The van der Waals surface area contributed by atoms with Crippen molar-refractivity contribution in [3.8, 4) is 0 Å². The molecule has 0 radical (unpaired) electrons. The molecule has 1 aliphatic carbocycles. The summed E-state index contributed by atoms with van der Waals surface area (Å²) in [5, 5.41) is 11.0. The lowest BCUT2D eigenvalue weighted by atomic mass is 10.1. The third-order valence-electron chi connectivity index (χ3n) is 4.01. The summed E-state index contributed by atoms with van der Waals surface area (Å²) in [6.45, 7) is 2.08. The minimum Gasteiger partial charge on any atom is -0.348 e. The molecule has 1 N–H and O–H groups in total. The summed E-state index contributed by atoms with van der Waals surface area (Å²) >= 11 is 0. The second kappa shape index (κ2) is 5.25. The maximum Gasteiger partial charge on any atom is 0.272 e. The number of piperidine rings is 1. The summed E-state index contributed by atoms with van der Waals surface area (Å²) < 4.78 is 0. The summed E-state index contributed by atoms with van der Waals surface area (Å²) in [5.74, 6) is 0.523. The van der Waals surface area contributed by atoms with E-state index in [4.69, 9.17) is 0 Å². The predicted octanol–water partition coefficient (Wildman–Crippen LogP) is 1.18. The molecule has 1 aliphatic heterocycles. The highest BCUT2D eigenvalue weighted by atomic mass is 16.2. The number of amides is 1. The number of aromatic nitrogens is 2. The van der Waals surface area contributed by atoms with Crippen LogP contribution in [0.25, 0.3) is 0 Å². The van der Waals surface area contributed by atoms with Gasteiger partial charge in [-0.2, -0.15) is 5.10 Å². The number of rotatable bonds is 3. The van der Waals surface area contributed by atoms with Gasteiger partial charge in [0.25, 0.3) is 5.91 Å². The first-order valence-electron chi connectivity index (χ1n) is 7.04. The van der Waals surface area contributed by atoms with Crippen LogP contribution < -0.4 is 5.32 Å². The zero-order valence-corrected chi connectivity index (χ0v) is 11.3. The van der Waals surface area contributed by atoms with Gasteiger partial charge < -0.3 is 10.2 Å². The van der Waals surface area contributed by atoms with Gasteiger partial charge in [0.05, 0.1) is 6.20 Å². The molecule has 3 rings (SSSR count). The smallest absolute Gasteiger partial charge is 0.272 e. The van der Waals surface area contributed by atoms with Crippen molar-refractivity contribution in [3.63, 3.8) is 0 Å². The van der Waals surface area contributed by atoms with Crippen LogP contribution in [0.4, 0.5) is 0 Å². The van der Waals surface area contributed by atoms with E-state index < -0.39 is 0 Å². The normalized spacial score (nSPS) is 21.3. The molecule has 1 saturated heterocycles. The summed E-state index contributed by atoms with van der Waals surface area (Å²) in [5.41, 5.74) is 1.62. The minimum atomic E-state index is -0.0791. The molecule has 2 aliphatic rings. The van der Waals surface area contributed by atoms with E-state index in [9.17, 15) is 4.79 Å². The monoisotopic (exact) mass is 260 g/mol. The van der Waals surface area contributed by atoms with Crippen molar-refractivity contribution in [3.05, 3.63) is 23.5 Å². The van der Waals surface area contributed by atoms with Crippen molar-refractivity contribution in [1.82, 2.24) is 20.4 Å². The maximum absolute atomic E-state index is 12.2. The lowest BCUT2D eigenvalue weighted by Gasteiger charge is -2.29. The third-order valence-corrected chi connectivity index (χ3v) is 4.01. The zero-order chi connectivity index (χ0) is 13.2. The van der Waals surface area contributed by atoms with E-state index in [1.165, 1.54) is 12.8 Å². The molecule has 0 bridgehead atoms. The van der Waals surface area contributed by atoms with Gasteiger partial charge in [-0.3, -0.25) is 4.79 Å². The largest absolute Gasteiger partial charge is 0.348 e. The van der Waals surface area contributed by atoms with Crippen LogP contribution in [-0.2, 0) is 0 Å². The van der Waals surface area contributed by atoms with E-state index in [0.717, 1.165) is 31.5 Å². The van der Waals surface area contributed by atoms with Gasteiger partial charge in [0.1, 0.15) is 0 Å². The van der Waals surface area contributed by atoms with Gasteiger partial charge in [-0.05, 0) is 63.4 Å². The molecule has 0 unspecified atom stereocenters. The zero-order valence-electron chi connectivity index (χ0n) is 11.3. The van der Waals surface area contributed by atoms with Crippen molar-refractivity contribution >= 4 is 5.91 Å². The fraction of sp³-hybridized carbons (Fsp3) is 0.643. The highest BCUT2D eigenvalue weighted by molar-refractivity contribution is 5.92. The first-order chi connectivity index (χ1) is 9.22. The van der Waals surface area contributed by atoms with Crippen LogP contribution in [0.2, 0.25) is 0 Å². The number of hydrogen-bond donors (Lipinski definition) is 1. The molecule has 5 nitrogen and oxygen atoms in total. The van der Waals surface area contributed by atoms with E-state index in [1.807, 2.05) is 6.07 Å². The van der Waals surface area contributed by atoms with Gasteiger partial charge in [-0.1, -0.05) is 0 Å². The maximum atomic E-state index is 12.2. The number of carbonyl (C=O) groups is 1. The lowest BCUT2D eigenvalue weighted by Crippen LogP contribution is -2.43. The molecule has 102 valence electrons. The molecule has 1 saturated carbocycles. The molecular formula is C14H20N4O. The highest BCUT2D eigenvalue weighted by Gasteiger charge is 2.25. The van der Waals surface area contributed by atoms with Gasteiger partial charge >= 0.3 is 0 Å². The fourth-order valence-corrected chi connectivity index (χ4v) is 2.54. The highest BCUT2D eigenvalue weighted by Crippen LogP contribution is 2.39. The molecule has 2 fully saturated rings. The summed E-state index contributed by atoms with van der Waals surface area (Å²) in [6.07, 6.45) is 6.23. The van der Waals surface area contributed by atoms with Gasteiger partial charge in [0.2, 0.25) is 0 Å². The van der Waals surface area contributed by atoms with Crippen LogP contribution in [0.15, 0.2) is 12.3 Å². The summed E-state index contributed by atoms with van der Waals surface area (Å²) in [4.78, 5) is 14.5. The molecule has 0 atom stereocenters. The first kappa shape index (κ1) is 12.5. The Morgan fingerprint density at radius 3 is 2.74 bits per heavy atom. The van der Waals surface area contributed by atoms with E-state index >= 15 is 0 Å². The van der Waals surface area contributed by atoms with Crippen LogP contribution in [0.3, 0.4) is 0 Å². The van der Waals surface area contributed by atoms with Crippen molar-refractivity contribution in [1.29, 1.82) is 0 Å². The van der Waals surface area contributed by atoms with Crippen LogP contribution >= 0.6 is 0 Å². The van der Waals surface area contributed by atoms with Gasteiger partial charge in [-0.15, -0.1) is 5.10 Å². The molecule has 2 heterocycles. The second-order valence-electron chi connectivity index (χ2n) is 5.70. The topological polar surface area (TPSA) is 58.1 Å². The van der Waals surface area contributed by atoms with Crippen molar-refractivity contribution < 1.29 is 4.79 Å². The molecule has 5 heteroatoms. The van der Waals surface area contributed by atoms with Crippen LogP contribution in [0.5, 0.6) is 0 Å². The van der Waals surface area contributed by atoms with Crippen LogP contribution in [0, 0.1) is 0 Å². The standard InChI is InChI=1S/C14H20N4O/c1-18-6-4-12(5-7-18)16-14(19)13-8-11(9-15-17-13)10-2-3-10/h8-10,12H,2-7H2,1H3,(H,16,19). The van der Waals surface area contributed by atoms with E-state index in [-0.39, 0.29) is 11.9 Å².